The van der Waals surface area contributed by atoms with Gasteiger partial charge in [0.15, 0.2) is 0 Å². The Bertz CT molecular complexity index is 977. The zero-order valence-electron chi connectivity index (χ0n) is 15.4. The second-order valence-electron chi connectivity index (χ2n) is 6.62. The minimum absolute atomic E-state index is 0.105. The molecule has 2 aromatic heterocycles. The molecular weight excluding hydrogens is 344 g/mol. The number of carbonyl (C=O) groups is 1. The van der Waals surface area contributed by atoms with Crippen molar-refractivity contribution in [1.82, 2.24) is 14.5 Å². The van der Waals surface area contributed by atoms with Gasteiger partial charge in [-0.25, -0.2) is 4.98 Å². The topological polar surface area (TPSA) is 78.3 Å². The SMILES string of the molecule is COc1ccccc1C(=O)c1cc2cnc(NC3CCOCC3)nc2n1C. The Morgan fingerprint density at radius 3 is 2.85 bits per heavy atom. The van der Waals surface area contributed by atoms with Gasteiger partial charge >= 0.3 is 0 Å². The first kappa shape index (κ1) is 17.5. The maximum atomic E-state index is 13.0. The summed E-state index contributed by atoms with van der Waals surface area (Å²) in [5, 5.41) is 4.20. The van der Waals surface area contributed by atoms with Crippen LogP contribution >= 0.6 is 0 Å². The van der Waals surface area contributed by atoms with Crippen LogP contribution in [0.15, 0.2) is 36.5 Å². The standard InChI is InChI=1S/C20H22N4O3/c1-24-16(18(25)15-5-3-4-6-17(15)26-2)11-13-12-21-20(23-19(13)24)22-14-7-9-27-10-8-14/h3-6,11-12,14H,7-10H2,1-2H3,(H,21,22,23). The summed E-state index contributed by atoms with van der Waals surface area (Å²) in [5.74, 6) is 1.03. The van der Waals surface area contributed by atoms with Crippen LogP contribution in [0.3, 0.4) is 0 Å². The van der Waals surface area contributed by atoms with E-state index in [1.165, 1.54) is 0 Å². The number of fused-ring (bicyclic) bond motifs is 1. The number of aromatic nitrogens is 3. The number of benzene rings is 1. The number of ether oxygens (including phenoxy) is 2. The molecular formula is C20H22N4O3. The van der Waals surface area contributed by atoms with Crippen LogP contribution in [0.4, 0.5) is 5.95 Å². The van der Waals surface area contributed by atoms with Crippen molar-refractivity contribution in [2.75, 3.05) is 25.6 Å². The average molecular weight is 366 g/mol. The van der Waals surface area contributed by atoms with E-state index in [1.54, 1.807) is 30.0 Å². The monoisotopic (exact) mass is 366 g/mol. The number of rotatable bonds is 5. The molecule has 7 heteroatoms. The largest absolute Gasteiger partial charge is 0.496 e. The van der Waals surface area contributed by atoms with Crippen LogP contribution in [0.5, 0.6) is 5.75 Å². The molecule has 1 aliphatic rings. The van der Waals surface area contributed by atoms with Gasteiger partial charge in [-0.3, -0.25) is 4.79 Å². The molecule has 3 heterocycles. The summed E-state index contributed by atoms with van der Waals surface area (Å²) >= 11 is 0. The van der Waals surface area contributed by atoms with Gasteiger partial charge in [0.25, 0.3) is 0 Å². The van der Waals surface area contributed by atoms with Gasteiger partial charge in [0, 0.05) is 37.9 Å². The number of nitrogens with zero attached hydrogens (tertiary/aromatic N) is 3. The first-order valence-electron chi connectivity index (χ1n) is 9.02. The first-order chi connectivity index (χ1) is 13.2. The molecule has 0 aliphatic carbocycles. The third kappa shape index (κ3) is 3.38. The van der Waals surface area contributed by atoms with E-state index in [9.17, 15) is 4.79 Å². The maximum absolute atomic E-state index is 13.0. The van der Waals surface area contributed by atoms with Crippen LogP contribution in [-0.2, 0) is 11.8 Å². The highest BCUT2D eigenvalue weighted by molar-refractivity contribution is 6.11. The highest BCUT2D eigenvalue weighted by Crippen LogP contribution is 2.25. The molecule has 0 bridgehead atoms. The lowest BCUT2D eigenvalue weighted by molar-refractivity contribution is 0.0903. The normalized spacial score (nSPS) is 15.0. The number of carbonyl (C=O) groups excluding carboxylic acids is 1. The summed E-state index contributed by atoms with van der Waals surface area (Å²) in [6.45, 7) is 1.50. The van der Waals surface area contributed by atoms with Crippen molar-refractivity contribution in [1.29, 1.82) is 0 Å². The Hall–Kier alpha value is -2.93. The molecule has 0 unspecified atom stereocenters. The molecule has 0 saturated carbocycles. The molecule has 1 fully saturated rings. The van der Waals surface area contributed by atoms with Gasteiger partial charge in [-0.05, 0) is 31.0 Å². The zero-order valence-corrected chi connectivity index (χ0v) is 15.4. The van der Waals surface area contributed by atoms with E-state index in [-0.39, 0.29) is 5.78 Å². The molecule has 1 aliphatic heterocycles. The molecule has 140 valence electrons. The number of para-hydroxylation sites is 1. The second kappa shape index (κ2) is 7.36. The maximum Gasteiger partial charge on any atom is 0.224 e. The second-order valence-corrected chi connectivity index (χ2v) is 6.62. The molecule has 7 nitrogen and oxygen atoms in total. The highest BCUT2D eigenvalue weighted by Gasteiger charge is 2.20. The van der Waals surface area contributed by atoms with Crippen molar-refractivity contribution < 1.29 is 14.3 Å². The molecule has 3 aromatic rings. The van der Waals surface area contributed by atoms with Gasteiger partial charge in [0.2, 0.25) is 11.7 Å². The molecule has 1 N–H and O–H groups in total. The number of ketones is 1. The van der Waals surface area contributed by atoms with Crippen molar-refractivity contribution >= 4 is 22.8 Å². The van der Waals surface area contributed by atoms with E-state index in [2.05, 4.69) is 15.3 Å². The third-order valence-electron chi connectivity index (χ3n) is 4.91. The molecule has 4 rings (SSSR count). The summed E-state index contributed by atoms with van der Waals surface area (Å²) < 4.78 is 12.5. The van der Waals surface area contributed by atoms with Crippen LogP contribution in [0.2, 0.25) is 0 Å². The number of hydrogen-bond donors (Lipinski definition) is 1. The first-order valence-corrected chi connectivity index (χ1v) is 9.02. The van der Waals surface area contributed by atoms with Gasteiger partial charge < -0.3 is 19.4 Å². The Kier molecular flexibility index (Phi) is 4.77. The Morgan fingerprint density at radius 2 is 2.07 bits per heavy atom. The number of methoxy groups -OCH3 is 1. The third-order valence-corrected chi connectivity index (χ3v) is 4.91. The fourth-order valence-corrected chi connectivity index (χ4v) is 3.39. The molecule has 0 atom stereocenters. The lowest BCUT2D eigenvalue weighted by atomic mass is 10.1. The van der Waals surface area contributed by atoms with Crippen LogP contribution < -0.4 is 10.1 Å². The molecule has 1 saturated heterocycles. The lowest BCUT2D eigenvalue weighted by Crippen LogP contribution is -2.28. The summed E-state index contributed by atoms with van der Waals surface area (Å²) in [7, 11) is 3.41. The minimum Gasteiger partial charge on any atom is -0.496 e. The fourth-order valence-electron chi connectivity index (χ4n) is 3.39. The highest BCUT2D eigenvalue weighted by atomic mass is 16.5. The van der Waals surface area contributed by atoms with Crippen molar-refractivity contribution in [2.45, 2.75) is 18.9 Å². The van der Waals surface area contributed by atoms with Crippen LogP contribution in [0.25, 0.3) is 11.0 Å². The van der Waals surface area contributed by atoms with Gasteiger partial charge in [0.05, 0.1) is 18.4 Å². The summed E-state index contributed by atoms with van der Waals surface area (Å²) in [4.78, 5) is 22.1. The van der Waals surface area contributed by atoms with E-state index >= 15 is 0 Å². The Morgan fingerprint density at radius 1 is 1.30 bits per heavy atom. The number of nitrogens with one attached hydrogen (secondary N) is 1. The van der Waals surface area contributed by atoms with Crippen molar-refractivity contribution in [3.8, 4) is 5.75 Å². The van der Waals surface area contributed by atoms with Gasteiger partial charge in [-0.15, -0.1) is 0 Å². The van der Waals surface area contributed by atoms with Crippen molar-refractivity contribution in [3.63, 3.8) is 0 Å². The van der Waals surface area contributed by atoms with Gasteiger partial charge in [-0.2, -0.15) is 4.98 Å². The lowest BCUT2D eigenvalue weighted by Gasteiger charge is -2.22. The molecule has 1 aromatic carbocycles. The summed E-state index contributed by atoms with van der Waals surface area (Å²) in [5.41, 5.74) is 1.80. The molecule has 0 spiro atoms. The summed E-state index contributed by atoms with van der Waals surface area (Å²) in [6, 6.07) is 9.35. The predicted molar refractivity (Wildman–Crippen MR) is 102 cm³/mol. The average Bonchev–Trinajstić information content (AvgIpc) is 3.04. The Balaban J connectivity index is 1.66. The van der Waals surface area contributed by atoms with Gasteiger partial charge in [-0.1, -0.05) is 12.1 Å². The van der Waals surface area contributed by atoms with Crippen LogP contribution in [0, 0.1) is 0 Å². The minimum atomic E-state index is -0.105. The molecule has 0 radical (unpaired) electrons. The fraction of sp³-hybridized carbons (Fsp3) is 0.350. The number of hydrogen-bond acceptors (Lipinski definition) is 6. The van der Waals surface area contributed by atoms with E-state index in [0.29, 0.717) is 29.0 Å². The van der Waals surface area contributed by atoms with Crippen molar-refractivity contribution in [3.05, 3.63) is 47.8 Å². The van der Waals surface area contributed by atoms with Crippen LogP contribution in [-0.4, -0.2) is 46.7 Å². The number of anilines is 1. The number of aryl methyl sites for hydroxylation is 1. The molecule has 0 amide bonds. The van der Waals surface area contributed by atoms with E-state index in [4.69, 9.17) is 9.47 Å². The van der Waals surface area contributed by atoms with Gasteiger partial charge in [0.1, 0.15) is 11.4 Å². The summed E-state index contributed by atoms with van der Waals surface area (Å²) in [6.07, 6.45) is 3.63. The van der Waals surface area contributed by atoms with E-state index in [1.807, 2.05) is 25.2 Å². The smallest absolute Gasteiger partial charge is 0.224 e. The quantitative estimate of drug-likeness (QED) is 0.700. The van der Waals surface area contributed by atoms with E-state index < -0.39 is 0 Å². The van der Waals surface area contributed by atoms with Crippen molar-refractivity contribution in [2.24, 2.45) is 7.05 Å². The zero-order chi connectivity index (χ0) is 18.8. The van der Waals surface area contributed by atoms with Crippen LogP contribution in [0.1, 0.15) is 28.9 Å². The van der Waals surface area contributed by atoms with E-state index in [0.717, 1.165) is 37.1 Å². The Labute approximate surface area is 157 Å². The molecule has 27 heavy (non-hydrogen) atoms. The predicted octanol–water partition coefficient (Wildman–Crippen LogP) is 2.80.